The number of hydrogen-bond donors (Lipinski definition) is 1. The minimum atomic E-state index is -0.548. The Bertz CT molecular complexity index is 970. The number of aromatic nitrogens is 2. The first kappa shape index (κ1) is 18.9. The van der Waals surface area contributed by atoms with Crippen molar-refractivity contribution in [1.29, 1.82) is 0 Å². The standard InChI is InChI=1S/C19H22N4O4S/c1-12(16(24)22-9-8-20-18(22)26)28-19-21-15-7-3-2-6-14(15)17(25)23(19)11-13-5-4-10-27-13/h2-3,6-7,12-13H,4-5,8-11H2,1H3,(H,20,26)/t12-,13-/m1/s1. The smallest absolute Gasteiger partial charge is 0.324 e. The van der Waals surface area contributed by atoms with Crippen LogP contribution in [0.1, 0.15) is 19.8 Å². The molecule has 2 aliphatic rings. The molecule has 2 aromatic rings. The molecular weight excluding hydrogens is 380 g/mol. The second-order valence-corrected chi connectivity index (χ2v) is 8.25. The monoisotopic (exact) mass is 402 g/mol. The molecule has 2 fully saturated rings. The summed E-state index contributed by atoms with van der Waals surface area (Å²) >= 11 is 1.20. The van der Waals surface area contributed by atoms with Gasteiger partial charge in [0.25, 0.3) is 5.56 Å². The number of rotatable bonds is 5. The van der Waals surface area contributed by atoms with Gasteiger partial charge in [0.05, 0.1) is 28.8 Å². The number of fused-ring (bicyclic) bond motifs is 1. The molecule has 4 rings (SSSR count). The Labute approximate surface area is 166 Å². The highest BCUT2D eigenvalue weighted by Crippen LogP contribution is 2.25. The van der Waals surface area contributed by atoms with Gasteiger partial charge in [-0.05, 0) is 31.9 Å². The summed E-state index contributed by atoms with van der Waals surface area (Å²) in [5, 5.41) is 3.10. The molecule has 1 N–H and O–H groups in total. The summed E-state index contributed by atoms with van der Waals surface area (Å²) in [6, 6.07) is 6.82. The van der Waals surface area contributed by atoms with Crippen LogP contribution in [0.5, 0.6) is 0 Å². The lowest BCUT2D eigenvalue weighted by Gasteiger charge is -2.20. The fourth-order valence-corrected chi connectivity index (χ4v) is 4.48. The van der Waals surface area contributed by atoms with E-state index in [0.29, 0.717) is 42.3 Å². The maximum atomic E-state index is 13.1. The predicted octanol–water partition coefficient (Wildman–Crippen LogP) is 1.61. The quantitative estimate of drug-likeness (QED) is 0.603. The van der Waals surface area contributed by atoms with E-state index >= 15 is 0 Å². The largest absolute Gasteiger partial charge is 0.376 e. The number of benzene rings is 1. The van der Waals surface area contributed by atoms with Crippen molar-refractivity contribution < 1.29 is 14.3 Å². The zero-order valence-electron chi connectivity index (χ0n) is 15.6. The number of nitrogens with one attached hydrogen (secondary N) is 1. The van der Waals surface area contributed by atoms with Crippen LogP contribution in [0.2, 0.25) is 0 Å². The highest BCUT2D eigenvalue weighted by Gasteiger charge is 2.31. The van der Waals surface area contributed by atoms with Crippen molar-refractivity contribution in [2.24, 2.45) is 0 Å². The molecular formula is C19H22N4O4S. The first-order chi connectivity index (χ1) is 13.5. The van der Waals surface area contributed by atoms with Crippen LogP contribution in [0.4, 0.5) is 4.79 Å². The van der Waals surface area contributed by atoms with Crippen molar-refractivity contribution in [2.75, 3.05) is 19.7 Å². The van der Waals surface area contributed by atoms with Crippen LogP contribution in [0.3, 0.4) is 0 Å². The third kappa shape index (κ3) is 3.64. The van der Waals surface area contributed by atoms with Crippen molar-refractivity contribution in [3.8, 4) is 0 Å². The molecule has 0 bridgehead atoms. The lowest BCUT2D eigenvalue weighted by atomic mass is 10.2. The number of carbonyl (C=O) groups is 2. The van der Waals surface area contributed by atoms with Crippen molar-refractivity contribution in [3.05, 3.63) is 34.6 Å². The van der Waals surface area contributed by atoms with Crippen LogP contribution in [0, 0.1) is 0 Å². The Hall–Kier alpha value is -2.39. The fourth-order valence-electron chi connectivity index (χ4n) is 3.50. The molecule has 28 heavy (non-hydrogen) atoms. The molecule has 0 spiro atoms. The summed E-state index contributed by atoms with van der Waals surface area (Å²) in [7, 11) is 0. The van der Waals surface area contributed by atoms with Crippen LogP contribution < -0.4 is 10.9 Å². The van der Waals surface area contributed by atoms with Gasteiger partial charge in [-0.25, -0.2) is 9.78 Å². The van der Waals surface area contributed by atoms with E-state index in [4.69, 9.17) is 4.74 Å². The average Bonchev–Trinajstić information content (AvgIpc) is 3.36. The number of para-hydroxylation sites is 1. The van der Waals surface area contributed by atoms with E-state index in [-0.39, 0.29) is 23.6 Å². The molecule has 3 heterocycles. The molecule has 1 aromatic carbocycles. The minimum Gasteiger partial charge on any atom is -0.376 e. The van der Waals surface area contributed by atoms with Gasteiger partial charge in [0.2, 0.25) is 5.91 Å². The summed E-state index contributed by atoms with van der Waals surface area (Å²) in [5.74, 6) is -0.286. The Morgan fingerprint density at radius 2 is 2.21 bits per heavy atom. The van der Waals surface area contributed by atoms with Crippen molar-refractivity contribution in [3.63, 3.8) is 0 Å². The van der Waals surface area contributed by atoms with Crippen LogP contribution in [-0.4, -0.2) is 57.4 Å². The second kappa shape index (κ2) is 7.92. The summed E-state index contributed by atoms with van der Waals surface area (Å²) in [6.45, 7) is 3.65. The molecule has 148 valence electrons. The summed E-state index contributed by atoms with van der Waals surface area (Å²) in [6.07, 6.45) is 1.84. The molecule has 1 aromatic heterocycles. The van der Waals surface area contributed by atoms with Crippen molar-refractivity contribution in [2.45, 2.75) is 42.8 Å². The van der Waals surface area contributed by atoms with Gasteiger partial charge in [-0.1, -0.05) is 23.9 Å². The first-order valence-corrected chi connectivity index (χ1v) is 10.3. The molecule has 2 atom stereocenters. The summed E-state index contributed by atoms with van der Waals surface area (Å²) in [4.78, 5) is 43.4. The second-order valence-electron chi connectivity index (χ2n) is 6.94. The number of thioether (sulfide) groups is 1. The topological polar surface area (TPSA) is 93.5 Å². The fraction of sp³-hybridized carbons (Fsp3) is 0.474. The third-order valence-corrected chi connectivity index (χ3v) is 6.07. The molecule has 0 aliphatic carbocycles. The number of amides is 3. The first-order valence-electron chi connectivity index (χ1n) is 9.41. The Balaban J connectivity index is 1.66. The van der Waals surface area contributed by atoms with E-state index in [0.717, 1.165) is 12.8 Å². The minimum absolute atomic E-state index is 0.0321. The maximum absolute atomic E-state index is 13.1. The van der Waals surface area contributed by atoms with Gasteiger partial charge < -0.3 is 10.1 Å². The molecule has 8 nitrogen and oxygen atoms in total. The van der Waals surface area contributed by atoms with Crippen LogP contribution in [-0.2, 0) is 16.1 Å². The van der Waals surface area contributed by atoms with Crippen molar-refractivity contribution >= 4 is 34.6 Å². The van der Waals surface area contributed by atoms with E-state index < -0.39 is 5.25 Å². The summed E-state index contributed by atoms with van der Waals surface area (Å²) in [5.41, 5.74) is 0.458. The van der Waals surface area contributed by atoms with Crippen molar-refractivity contribution in [1.82, 2.24) is 19.8 Å². The van der Waals surface area contributed by atoms with Crippen LogP contribution in [0.15, 0.2) is 34.2 Å². The van der Waals surface area contributed by atoms with E-state index in [1.54, 1.807) is 23.6 Å². The summed E-state index contributed by atoms with van der Waals surface area (Å²) < 4.78 is 7.31. The van der Waals surface area contributed by atoms with E-state index in [2.05, 4.69) is 10.3 Å². The maximum Gasteiger partial charge on any atom is 0.324 e. The van der Waals surface area contributed by atoms with E-state index in [1.165, 1.54) is 16.7 Å². The van der Waals surface area contributed by atoms with Crippen LogP contribution >= 0.6 is 11.8 Å². The van der Waals surface area contributed by atoms with Gasteiger partial charge in [-0.2, -0.15) is 0 Å². The van der Waals surface area contributed by atoms with Gasteiger partial charge in [0.1, 0.15) is 0 Å². The number of ether oxygens (including phenoxy) is 1. The van der Waals surface area contributed by atoms with E-state index in [1.807, 2.05) is 12.1 Å². The molecule has 9 heteroatoms. The van der Waals surface area contributed by atoms with Gasteiger partial charge in [0.15, 0.2) is 5.16 Å². The van der Waals surface area contributed by atoms with Gasteiger partial charge in [-0.3, -0.25) is 19.1 Å². The van der Waals surface area contributed by atoms with Gasteiger partial charge in [-0.15, -0.1) is 0 Å². The molecule has 2 aliphatic heterocycles. The molecule has 3 amide bonds. The highest BCUT2D eigenvalue weighted by molar-refractivity contribution is 8.00. The normalized spacial score (nSPS) is 20.5. The Morgan fingerprint density at radius 1 is 1.39 bits per heavy atom. The number of imide groups is 1. The Morgan fingerprint density at radius 3 is 2.93 bits per heavy atom. The predicted molar refractivity (Wildman–Crippen MR) is 105 cm³/mol. The lowest BCUT2D eigenvalue weighted by molar-refractivity contribution is -0.126. The third-order valence-electron chi connectivity index (χ3n) is 4.99. The molecule has 0 unspecified atom stereocenters. The van der Waals surface area contributed by atoms with Crippen LogP contribution in [0.25, 0.3) is 10.9 Å². The number of urea groups is 1. The SMILES string of the molecule is C[C@@H](Sc1nc2ccccc2c(=O)n1C[C@H]1CCCO1)C(=O)N1CCNC1=O. The Kier molecular flexibility index (Phi) is 5.36. The van der Waals surface area contributed by atoms with Gasteiger partial charge >= 0.3 is 6.03 Å². The zero-order chi connectivity index (χ0) is 19.7. The number of carbonyl (C=O) groups excluding carboxylic acids is 2. The number of nitrogens with zero attached hydrogens (tertiary/aromatic N) is 3. The molecule has 0 radical (unpaired) electrons. The molecule has 0 saturated carbocycles. The van der Waals surface area contributed by atoms with Gasteiger partial charge in [0, 0.05) is 19.7 Å². The average molecular weight is 402 g/mol. The van der Waals surface area contributed by atoms with E-state index in [9.17, 15) is 14.4 Å². The lowest BCUT2D eigenvalue weighted by Crippen LogP contribution is -2.39. The number of hydrogen-bond acceptors (Lipinski definition) is 6. The highest BCUT2D eigenvalue weighted by atomic mass is 32.2. The molecule has 2 saturated heterocycles. The zero-order valence-corrected chi connectivity index (χ0v) is 16.4.